The number of amides is 2. The molecule has 0 aliphatic carbocycles. The Balaban J connectivity index is 1.31. The molecule has 2 aromatic heterocycles. The molecule has 2 saturated heterocycles. The molecule has 0 radical (unpaired) electrons. The third-order valence-electron chi connectivity index (χ3n) is 7.12. The van der Waals surface area contributed by atoms with Gasteiger partial charge < -0.3 is 14.4 Å². The molecule has 0 atom stereocenters. The number of carbonyl (C=O) groups excluding carboxylic acids is 2. The van der Waals surface area contributed by atoms with E-state index < -0.39 is 0 Å². The lowest BCUT2D eigenvalue weighted by Crippen LogP contribution is -2.49. The van der Waals surface area contributed by atoms with Gasteiger partial charge in [-0.1, -0.05) is 13.8 Å². The number of hydrogen-bond acceptors (Lipinski definition) is 3. The molecule has 2 aromatic rings. The van der Waals surface area contributed by atoms with Crippen molar-refractivity contribution in [2.45, 2.75) is 59.4 Å². The molecule has 2 fully saturated rings. The van der Waals surface area contributed by atoms with Crippen LogP contribution >= 0.6 is 0 Å². The van der Waals surface area contributed by atoms with Gasteiger partial charge in [-0.3, -0.25) is 14.6 Å². The molecule has 2 aliphatic heterocycles. The molecule has 2 aliphatic rings. The van der Waals surface area contributed by atoms with Crippen molar-refractivity contribution in [1.82, 2.24) is 19.4 Å². The highest BCUT2D eigenvalue weighted by Gasteiger charge is 2.39. The first-order valence-electron chi connectivity index (χ1n) is 11.3. The van der Waals surface area contributed by atoms with Crippen molar-refractivity contribution in [1.29, 1.82) is 0 Å². The van der Waals surface area contributed by atoms with Crippen LogP contribution in [0, 0.1) is 18.3 Å². The maximum Gasteiger partial charge on any atom is 0.242 e. The van der Waals surface area contributed by atoms with E-state index in [1.165, 1.54) is 0 Å². The number of nitrogens with zero attached hydrogens (tertiary/aromatic N) is 4. The Labute approximate surface area is 179 Å². The smallest absolute Gasteiger partial charge is 0.242 e. The second kappa shape index (κ2) is 8.40. The van der Waals surface area contributed by atoms with Crippen LogP contribution in [0.25, 0.3) is 10.9 Å². The zero-order valence-corrected chi connectivity index (χ0v) is 18.6. The highest BCUT2D eigenvalue weighted by Crippen LogP contribution is 2.41. The Morgan fingerprint density at radius 2 is 1.63 bits per heavy atom. The normalized spacial score (nSPS) is 19.1. The van der Waals surface area contributed by atoms with Crippen molar-refractivity contribution in [3.63, 3.8) is 0 Å². The molecule has 4 rings (SSSR count). The Kier molecular flexibility index (Phi) is 5.85. The van der Waals surface area contributed by atoms with Gasteiger partial charge >= 0.3 is 0 Å². The van der Waals surface area contributed by atoms with Crippen LogP contribution in [0.2, 0.25) is 0 Å². The Bertz CT molecular complexity index is 914. The standard InChI is InChI=1S/C24H34N4O2/c1-18(2)14-22(29)26-10-5-24(6-11-26)7-12-27(13-8-24)23(30)17-28-16-19(3)20-15-25-9-4-21(20)28/h4,9,15-16,18H,5-8,10-14,17H2,1-3H3. The quantitative estimate of drug-likeness (QED) is 0.773. The van der Waals surface area contributed by atoms with Crippen LogP contribution in [0.4, 0.5) is 0 Å². The van der Waals surface area contributed by atoms with Crippen molar-refractivity contribution in [2.75, 3.05) is 26.2 Å². The molecule has 0 unspecified atom stereocenters. The van der Waals surface area contributed by atoms with Gasteiger partial charge in [0.2, 0.25) is 11.8 Å². The summed E-state index contributed by atoms with van der Waals surface area (Å²) in [6, 6.07) is 1.98. The van der Waals surface area contributed by atoms with Gasteiger partial charge in [-0.05, 0) is 55.6 Å². The fourth-order valence-corrected chi connectivity index (χ4v) is 5.13. The molecule has 0 aromatic carbocycles. The molecular formula is C24H34N4O2. The van der Waals surface area contributed by atoms with E-state index >= 15 is 0 Å². The first-order chi connectivity index (χ1) is 14.4. The molecular weight excluding hydrogens is 376 g/mol. The predicted octanol–water partition coefficient (Wildman–Crippen LogP) is 3.62. The molecule has 162 valence electrons. The van der Waals surface area contributed by atoms with E-state index in [1.54, 1.807) is 6.20 Å². The largest absolute Gasteiger partial charge is 0.343 e. The summed E-state index contributed by atoms with van der Waals surface area (Å²) in [4.78, 5) is 33.6. The summed E-state index contributed by atoms with van der Waals surface area (Å²) in [6.45, 7) is 10.1. The molecule has 0 saturated carbocycles. The maximum atomic E-state index is 13.0. The van der Waals surface area contributed by atoms with Gasteiger partial charge in [0.05, 0.1) is 5.52 Å². The van der Waals surface area contributed by atoms with Crippen molar-refractivity contribution < 1.29 is 9.59 Å². The second-order valence-electron chi connectivity index (χ2n) is 9.69. The summed E-state index contributed by atoms with van der Waals surface area (Å²) in [6.07, 6.45) is 10.6. The fourth-order valence-electron chi connectivity index (χ4n) is 5.13. The van der Waals surface area contributed by atoms with Crippen molar-refractivity contribution in [3.8, 4) is 0 Å². The number of piperidine rings is 2. The first kappa shape index (κ1) is 20.9. The van der Waals surface area contributed by atoms with Crippen molar-refractivity contribution in [2.24, 2.45) is 11.3 Å². The first-order valence-corrected chi connectivity index (χ1v) is 11.3. The highest BCUT2D eigenvalue weighted by molar-refractivity contribution is 5.85. The fraction of sp³-hybridized carbons (Fsp3) is 0.625. The summed E-state index contributed by atoms with van der Waals surface area (Å²) < 4.78 is 2.05. The minimum absolute atomic E-state index is 0.197. The lowest BCUT2D eigenvalue weighted by atomic mass is 9.71. The topological polar surface area (TPSA) is 58.4 Å². The summed E-state index contributed by atoms with van der Waals surface area (Å²) in [5, 5.41) is 1.11. The average molecular weight is 411 g/mol. The number of pyridine rings is 1. The Morgan fingerprint density at radius 3 is 2.23 bits per heavy atom. The molecule has 0 bridgehead atoms. The third-order valence-corrected chi connectivity index (χ3v) is 7.12. The van der Waals surface area contributed by atoms with Gasteiger partial charge in [-0.25, -0.2) is 0 Å². The van der Waals surface area contributed by atoms with E-state index in [4.69, 9.17) is 0 Å². The van der Waals surface area contributed by atoms with Crippen LogP contribution in [0.5, 0.6) is 0 Å². The number of aromatic nitrogens is 2. The minimum Gasteiger partial charge on any atom is -0.343 e. The van der Waals surface area contributed by atoms with Gasteiger partial charge in [0.15, 0.2) is 0 Å². The van der Waals surface area contributed by atoms with E-state index in [9.17, 15) is 9.59 Å². The van der Waals surface area contributed by atoms with Gasteiger partial charge in [0.25, 0.3) is 0 Å². The summed E-state index contributed by atoms with van der Waals surface area (Å²) in [7, 11) is 0. The molecule has 0 N–H and O–H groups in total. The van der Waals surface area contributed by atoms with Gasteiger partial charge in [0, 0.05) is 56.6 Å². The number of aryl methyl sites for hydroxylation is 1. The number of likely N-dealkylation sites (tertiary alicyclic amines) is 2. The van der Waals surface area contributed by atoms with Crippen LogP contribution in [-0.4, -0.2) is 57.3 Å². The molecule has 30 heavy (non-hydrogen) atoms. The van der Waals surface area contributed by atoms with Crippen LogP contribution in [0.3, 0.4) is 0 Å². The van der Waals surface area contributed by atoms with E-state index in [2.05, 4.69) is 41.4 Å². The summed E-state index contributed by atoms with van der Waals surface area (Å²) >= 11 is 0. The highest BCUT2D eigenvalue weighted by atomic mass is 16.2. The minimum atomic E-state index is 0.197. The number of carbonyl (C=O) groups is 2. The van der Waals surface area contributed by atoms with Crippen molar-refractivity contribution >= 4 is 22.7 Å². The summed E-state index contributed by atoms with van der Waals surface area (Å²) in [5.41, 5.74) is 2.54. The zero-order valence-electron chi connectivity index (χ0n) is 18.6. The van der Waals surface area contributed by atoms with Crippen LogP contribution in [0.15, 0.2) is 24.7 Å². The SMILES string of the molecule is Cc1cn(CC(=O)N2CCC3(CCN(C(=O)CC(C)C)CC3)CC2)c2ccncc12. The lowest BCUT2D eigenvalue weighted by molar-refractivity contribution is -0.136. The molecule has 4 heterocycles. The average Bonchev–Trinajstić information content (AvgIpc) is 3.04. The van der Waals surface area contributed by atoms with E-state index in [1.807, 2.05) is 17.2 Å². The maximum absolute atomic E-state index is 13.0. The number of fused-ring (bicyclic) bond motifs is 1. The Hall–Kier alpha value is -2.37. The monoisotopic (exact) mass is 410 g/mol. The molecule has 6 nitrogen and oxygen atoms in total. The Morgan fingerprint density at radius 1 is 1.03 bits per heavy atom. The number of hydrogen-bond donors (Lipinski definition) is 0. The molecule has 2 amide bonds. The van der Waals surface area contributed by atoms with Gasteiger partial charge in [-0.2, -0.15) is 0 Å². The van der Waals surface area contributed by atoms with Crippen LogP contribution < -0.4 is 0 Å². The summed E-state index contributed by atoms with van der Waals surface area (Å²) in [5.74, 6) is 0.917. The third kappa shape index (κ3) is 4.23. The number of rotatable bonds is 4. The van der Waals surface area contributed by atoms with Crippen molar-refractivity contribution in [3.05, 3.63) is 30.2 Å². The predicted molar refractivity (Wildman–Crippen MR) is 118 cm³/mol. The lowest BCUT2D eigenvalue weighted by Gasteiger charge is -2.47. The van der Waals surface area contributed by atoms with E-state index in [-0.39, 0.29) is 5.91 Å². The molecule has 6 heteroatoms. The van der Waals surface area contributed by atoms with E-state index in [0.717, 1.165) is 68.3 Å². The second-order valence-corrected chi connectivity index (χ2v) is 9.69. The van der Waals surface area contributed by atoms with E-state index in [0.29, 0.717) is 30.2 Å². The van der Waals surface area contributed by atoms with Crippen LogP contribution in [-0.2, 0) is 16.1 Å². The van der Waals surface area contributed by atoms with Gasteiger partial charge in [-0.15, -0.1) is 0 Å². The van der Waals surface area contributed by atoms with Gasteiger partial charge in [0.1, 0.15) is 6.54 Å². The molecule has 1 spiro atoms. The zero-order chi connectivity index (χ0) is 21.3. The van der Waals surface area contributed by atoms with Crippen LogP contribution in [0.1, 0.15) is 51.5 Å².